The predicted octanol–water partition coefficient (Wildman–Crippen LogP) is 6.91. The molecular formula is C56H72N10O7. The molecule has 4 aromatic rings. The van der Waals surface area contributed by atoms with Crippen LogP contribution in [0.3, 0.4) is 0 Å². The van der Waals surface area contributed by atoms with Crippen molar-refractivity contribution in [1.29, 1.82) is 10.5 Å². The van der Waals surface area contributed by atoms with E-state index in [1.165, 1.54) is 0 Å². The van der Waals surface area contributed by atoms with Crippen molar-refractivity contribution >= 4 is 36.0 Å². The lowest BCUT2D eigenvalue weighted by molar-refractivity contribution is -0.128. The topological polar surface area (TPSA) is 257 Å². The number of alkyl carbamates (subject to hydrolysis) is 1. The molecular weight excluding hydrogens is 925 g/mol. The number of carbonyl (C=O) groups is 6. The van der Waals surface area contributed by atoms with Crippen LogP contribution in [0.1, 0.15) is 120 Å². The number of benzene rings is 2. The maximum atomic E-state index is 13.1. The maximum absolute atomic E-state index is 13.1. The molecule has 2 aliphatic heterocycles. The first kappa shape index (κ1) is 58.1. The Labute approximate surface area is 430 Å². The molecule has 17 nitrogen and oxygen atoms in total. The number of nitrogens with zero attached hydrogens (tertiary/aromatic N) is 4. The van der Waals surface area contributed by atoms with E-state index in [1.807, 2.05) is 68.4 Å². The van der Waals surface area contributed by atoms with Crippen molar-refractivity contribution in [3.8, 4) is 23.3 Å². The Bertz CT molecular complexity index is 2450. The third kappa shape index (κ3) is 18.6. The van der Waals surface area contributed by atoms with Crippen LogP contribution in [-0.4, -0.2) is 89.8 Å². The van der Waals surface area contributed by atoms with Gasteiger partial charge in [0, 0.05) is 49.8 Å². The van der Waals surface area contributed by atoms with E-state index >= 15 is 0 Å². The maximum Gasteiger partial charge on any atom is 0.407 e. The average Bonchev–Trinajstić information content (AvgIpc) is 3.71. The van der Waals surface area contributed by atoms with Crippen molar-refractivity contribution in [2.75, 3.05) is 19.7 Å². The average molecular weight is 997 g/mol. The smallest absolute Gasteiger partial charge is 0.407 e. The largest absolute Gasteiger partial charge is 0.449 e. The predicted molar refractivity (Wildman–Crippen MR) is 278 cm³/mol. The van der Waals surface area contributed by atoms with Crippen molar-refractivity contribution in [2.24, 2.45) is 23.7 Å². The minimum absolute atomic E-state index is 0. The van der Waals surface area contributed by atoms with E-state index < -0.39 is 36.2 Å². The number of hydrogen-bond donors (Lipinski definition) is 6. The van der Waals surface area contributed by atoms with Gasteiger partial charge in [-0.15, -0.1) is 0 Å². The minimum atomic E-state index is -0.855. The summed E-state index contributed by atoms with van der Waals surface area (Å²) in [6.07, 6.45) is 8.18. The summed E-state index contributed by atoms with van der Waals surface area (Å²) >= 11 is 0. The molecule has 73 heavy (non-hydrogen) atoms. The van der Waals surface area contributed by atoms with E-state index in [1.54, 1.807) is 30.6 Å². The van der Waals surface area contributed by atoms with Gasteiger partial charge in [-0.2, -0.15) is 10.5 Å². The summed E-state index contributed by atoms with van der Waals surface area (Å²) < 4.78 is 5.62. The zero-order valence-electron chi connectivity index (χ0n) is 41.6. The number of amides is 5. The van der Waals surface area contributed by atoms with Crippen LogP contribution < -0.4 is 31.9 Å². The molecule has 4 heterocycles. The van der Waals surface area contributed by atoms with Gasteiger partial charge >= 0.3 is 6.09 Å². The summed E-state index contributed by atoms with van der Waals surface area (Å²) in [7, 11) is 0. The first-order chi connectivity index (χ1) is 34.8. The molecule has 2 aromatic heterocycles. The fraction of sp³-hybridized carbons (Fsp3) is 0.464. The molecule has 0 spiro atoms. The number of rotatable bonds is 19. The number of hydrogen-bond acceptors (Lipinski definition) is 12. The van der Waals surface area contributed by atoms with Gasteiger partial charge in [-0.25, -0.2) is 4.79 Å². The number of aromatic nitrogens is 2. The first-order valence-corrected chi connectivity index (χ1v) is 24.9. The van der Waals surface area contributed by atoms with E-state index in [4.69, 9.17) is 4.74 Å². The van der Waals surface area contributed by atoms with Gasteiger partial charge in [-0.3, -0.25) is 33.9 Å². The van der Waals surface area contributed by atoms with E-state index in [2.05, 4.69) is 80.0 Å². The molecule has 0 bridgehead atoms. The molecule has 5 amide bonds. The van der Waals surface area contributed by atoms with Crippen molar-refractivity contribution in [3.63, 3.8) is 0 Å². The fourth-order valence-electron chi connectivity index (χ4n) is 8.94. The molecule has 7 rings (SSSR count). The lowest BCUT2D eigenvalue weighted by Crippen LogP contribution is -2.51. The highest BCUT2D eigenvalue weighted by Gasteiger charge is 2.32. The summed E-state index contributed by atoms with van der Waals surface area (Å²) in [5.74, 6) is -0.937. The highest BCUT2D eigenvalue weighted by atomic mass is 16.5. The van der Waals surface area contributed by atoms with Gasteiger partial charge in [0.1, 0.15) is 30.4 Å². The molecule has 0 radical (unpaired) electrons. The lowest BCUT2D eigenvalue weighted by atomic mass is 9.91. The Kier molecular flexibility index (Phi) is 24.2. The number of piperidine rings is 2. The number of fused-ring (bicyclic) bond motifs is 3. The van der Waals surface area contributed by atoms with Crippen molar-refractivity contribution in [2.45, 2.75) is 123 Å². The van der Waals surface area contributed by atoms with Gasteiger partial charge in [-0.1, -0.05) is 95.8 Å². The molecule has 6 atom stereocenters. The minimum Gasteiger partial charge on any atom is -0.449 e. The number of ether oxygens (including phenoxy) is 1. The van der Waals surface area contributed by atoms with Gasteiger partial charge in [0.15, 0.2) is 6.29 Å². The zero-order chi connectivity index (χ0) is 51.8. The van der Waals surface area contributed by atoms with E-state index in [-0.39, 0.29) is 61.8 Å². The standard InChI is InChI=1S/C29H34N4O4.C20H29N5O2.C6H5NO.CH4/c1-18(2)14-26(28(35)32-20(16-30)15-19-8-7-13-31-27(19)34)33-29(36)37-17-25-23-11-5-3-9-21(23)22-10-4-6-12-24(22)25;1-14(2)10-18(24-13-16-7-3-4-8-22-16)20(27)25-17(12-21)11-15-6-5-9-23-19(15)26;8-5-6-3-1-2-4-7-6;/h3-6,9-12,18-20,25-26H,7-8,13-15,17H2,1-2H3,(H,31,34)(H,32,35)(H,33,36);3-4,7-8,14-15,17-18,24H,5-6,9-11,13H2,1-2H3,(H,23,26)(H,25,27);1-5H;1H4/t19-,20-,26-;15-,17-,18-;;/m00../s1. The monoisotopic (exact) mass is 997 g/mol. The van der Waals surface area contributed by atoms with Gasteiger partial charge in [0.25, 0.3) is 0 Å². The molecule has 3 aliphatic rings. The SMILES string of the molecule is C.CC(C)C[C@H](NC(=O)OCC1c2ccccc2-c2ccccc21)C(=O)N[C@H](C#N)C[C@@H]1CCCNC1=O.CC(C)C[C@H](NCc1ccccn1)C(=O)N[C@H](C#N)C[C@@H]1CCCNC1=O.O=Cc1ccccn1. The molecule has 17 heteroatoms. The van der Waals surface area contributed by atoms with Gasteiger partial charge in [-0.05, 0) is 110 Å². The van der Waals surface area contributed by atoms with Crippen molar-refractivity contribution in [1.82, 2.24) is 41.9 Å². The van der Waals surface area contributed by atoms with Crippen LogP contribution in [0.25, 0.3) is 11.1 Å². The number of nitrogens with one attached hydrogen (secondary N) is 6. The highest BCUT2D eigenvalue weighted by molar-refractivity contribution is 5.87. The third-order valence-electron chi connectivity index (χ3n) is 12.5. The Morgan fingerprint density at radius 1 is 0.699 bits per heavy atom. The van der Waals surface area contributed by atoms with Crippen LogP contribution >= 0.6 is 0 Å². The summed E-state index contributed by atoms with van der Waals surface area (Å²) in [4.78, 5) is 80.5. The molecule has 2 aromatic carbocycles. The fourth-order valence-corrected chi connectivity index (χ4v) is 8.94. The van der Waals surface area contributed by atoms with Crippen LogP contribution in [0.5, 0.6) is 0 Å². The summed E-state index contributed by atoms with van der Waals surface area (Å²) in [5.41, 5.74) is 5.83. The highest BCUT2D eigenvalue weighted by Crippen LogP contribution is 2.44. The molecule has 2 fully saturated rings. The van der Waals surface area contributed by atoms with Gasteiger partial charge < -0.3 is 36.6 Å². The second-order valence-electron chi connectivity index (χ2n) is 19.0. The second-order valence-corrected chi connectivity index (χ2v) is 19.0. The normalized spacial score (nSPS) is 17.2. The molecule has 0 unspecified atom stereocenters. The Morgan fingerprint density at radius 2 is 1.19 bits per heavy atom. The number of nitriles is 2. The summed E-state index contributed by atoms with van der Waals surface area (Å²) in [6.45, 7) is 9.96. The number of pyridine rings is 2. The zero-order valence-corrected chi connectivity index (χ0v) is 41.6. The van der Waals surface area contributed by atoms with Crippen LogP contribution in [-0.2, 0) is 30.5 Å². The first-order valence-electron chi connectivity index (χ1n) is 24.9. The quantitative estimate of drug-likeness (QED) is 0.0524. The third-order valence-corrected chi connectivity index (χ3v) is 12.5. The van der Waals surface area contributed by atoms with Crippen LogP contribution in [0.2, 0.25) is 0 Å². The molecule has 2 saturated heterocycles. The van der Waals surface area contributed by atoms with Crippen LogP contribution in [0.4, 0.5) is 4.79 Å². The number of carbonyl (C=O) groups excluding carboxylic acids is 6. The van der Waals surface area contributed by atoms with E-state index in [9.17, 15) is 39.3 Å². The van der Waals surface area contributed by atoms with Gasteiger partial charge in [0.05, 0.1) is 23.9 Å². The summed E-state index contributed by atoms with van der Waals surface area (Å²) in [5, 5.41) is 36.1. The van der Waals surface area contributed by atoms with Crippen LogP contribution in [0, 0.1) is 46.3 Å². The van der Waals surface area contributed by atoms with Crippen molar-refractivity contribution < 1.29 is 33.5 Å². The van der Waals surface area contributed by atoms with E-state index in [0.717, 1.165) is 53.5 Å². The Hall–Kier alpha value is -7.50. The number of aldehydes is 1. The second kappa shape index (κ2) is 30.4. The molecule has 1 aliphatic carbocycles. The molecule has 0 saturated carbocycles. The summed E-state index contributed by atoms with van der Waals surface area (Å²) in [6, 6.07) is 28.5. The lowest BCUT2D eigenvalue weighted by Gasteiger charge is -2.25. The van der Waals surface area contributed by atoms with E-state index in [0.29, 0.717) is 56.9 Å². The molecule has 6 N–H and O–H groups in total. The Morgan fingerprint density at radius 3 is 1.64 bits per heavy atom. The van der Waals surface area contributed by atoms with Crippen LogP contribution in [0.15, 0.2) is 97.3 Å². The Balaban J connectivity index is 0.000000280. The van der Waals surface area contributed by atoms with Crippen molar-refractivity contribution in [3.05, 3.63) is 120 Å². The molecule has 388 valence electrons. The van der Waals surface area contributed by atoms with Gasteiger partial charge in [0.2, 0.25) is 23.6 Å².